The molecule has 3 unspecified atom stereocenters. The Morgan fingerprint density at radius 3 is 2.56 bits per heavy atom. The van der Waals surface area contributed by atoms with Crippen LogP contribution in [-0.2, 0) is 9.59 Å². The first-order valence-corrected chi connectivity index (χ1v) is 9.98. The van der Waals surface area contributed by atoms with Crippen molar-refractivity contribution in [3.63, 3.8) is 0 Å². The van der Waals surface area contributed by atoms with E-state index >= 15 is 0 Å². The predicted octanol–water partition coefficient (Wildman–Crippen LogP) is 5.73. The second-order valence-corrected chi connectivity index (χ2v) is 8.67. The van der Waals surface area contributed by atoms with Gasteiger partial charge in [-0.2, -0.15) is 0 Å². The molecule has 0 heterocycles. The maximum absolute atomic E-state index is 11.8. The van der Waals surface area contributed by atoms with Crippen LogP contribution < -0.4 is 0 Å². The highest BCUT2D eigenvalue weighted by atomic mass is 16.1. The maximum atomic E-state index is 11.8. The van der Waals surface area contributed by atoms with E-state index in [2.05, 4.69) is 26.8 Å². The van der Waals surface area contributed by atoms with Crippen molar-refractivity contribution in [2.75, 3.05) is 0 Å². The number of aldehydes is 1. The van der Waals surface area contributed by atoms with Crippen LogP contribution in [0.2, 0.25) is 0 Å². The third kappa shape index (κ3) is 2.88. The van der Waals surface area contributed by atoms with E-state index in [0.717, 1.165) is 37.9 Å². The molecule has 0 aromatic rings. The van der Waals surface area contributed by atoms with Crippen LogP contribution in [0.3, 0.4) is 0 Å². The number of hydrogen-bond acceptors (Lipinski definition) is 2. The van der Waals surface area contributed by atoms with Gasteiger partial charge in [0.15, 0.2) is 5.78 Å². The summed E-state index contributed by atoms with van der Waals surface area (Å²) < 4.78 is 0. The third-order valence-electron chi connectivity index (χ3n) is 7.35. The van der Waals surface area contributed by atoms with Crippen LogP contribution in [0.15, 0.2) is 34.4 Å². The first kappa shape index (κ1) is 18.4. The lowest BCUT2D eigenvalue weighted by molar-refractivity contribution is -0.115. The monoisotopic (exact) mass is 340 g/mol. The van der Waals surface area contributed by atoms with Crippen LogP contribution in [0.1, 0.15) is 79.1 Å². The summed E-state index contributed by atoms with van der Waals surface area (Å²) in [7, 11) is 0. The number of rotatable bonds is 1. The molecule has 0 aromatic heterocycles. The zero-order chi connectivity index (χ0) is 18.2. The Morgan fingerprint density at radius 2 is 1.88 bits per heavy atom. The normalized spacial score (nSPS) is 36.3. The molecule has 0 bridgehead atoms. The van der Waals surface area contributed by atoms with E-state index in [4.69, 9.17) is 0 Å². The van der Waals surface area contributed by atoms with Gasteiger partial charge in [0.2, 0.25) is 0 Å². The van der Waals surface area contributed by atoms with E-state index in [0.29, 0.717) is 17.6 Å². The Kier molecular flexibility index (Phi) is 4.92. The van der Waals surface area contributed by atoms with Gasteiger partial charge in [0.05, 0.1) is 0 Å². The van der Waals surface area contributed by atoms with Crippen molar-refractivity contribution in [3.8, 4) is 0 Å². The summed E-state index contributed by atoms with van der Waals surface area (Å²) in [5.41, 5.74) is 7.07. The predicted molar refractivity (Wildman–Crippen MR) is 102 cm³/mol. The standard InChI is InChI=1S/C20H26O.C3H6O/c1-13-4-7-17-16-6-5-14-12-15(21)8-10-20(14,3)18(16)9-11-19(13,17)2;1-2-3-4/h7,12-13H,4-6,8-11H2,1-3H3;3H,2H2,1H3. The van der Waals surface area contributed by atoms with Crippen LogP contribution in [-0.4, -0.2) is 12.1 Å². The van der Waals surface area contributed by atoms with Gasteiger partial charge in [-0.25, -0.2) is 0 Å². The van der Waals surface area contributed by atoms with Gasteiger partial charge >= 0.3 is 0 Å². The number of fused-ring (bicyclic) bond motifs is 4. The van der Waals surface area contributed by atoms with Crippen molar-refractivity contribution < 1.29 is 9.59 Å². The van der Waals surface area contributed by atoms with Crippen molar-refractivity contribution in [3.05, 3.63) is 34.4 Å². The molecule has 0 saturated heterocycles. The molecule has 0 spiro atoms. The van der Waals surface area contributed by atoms with Crippen LogP contribution in [0, 0.1) is 16.7 Å². The topological polar surface area (TPSA) is 34.1 Å². The third-order valence-corrected chi connectivity index (χ3v) is 7.35. The molecule has 4 aliphatic carbocycles. The lowest BCUT2D eigenvalue weighted by Gasteiger charge is -2.49. The Morgan fingerprint density at radius 1 is 1.16 bits per heavy atom. The minimum atomic E-state index is 0.190. The van der Waals surface area contributed by atoms with E-state index in [1.165, 1.54) is 24.8 Å². The second-order valence-electron chi connectivity index (χ2n) is 8.67. The van der Waals surface area contributed by atoms with Crippen LogP contribution >= 0.6 is 0 Å². The minimum absolute atomic E-state index is 0.190. The summed E-state index contributed by atoms with van der Waals surface area (Å²) in [5.74, 6) is 1.14. The summed E-state index contributed by atoms with van der Waals surface area (Å²) in [5, 5.41) is 0. The minimum Gasteiger partial charge on any atom is -0.303 e. The van der Waals surface area contributed by atoms with Gasteiger partial charge < -0.3 is 4.79 Å². The van der Waals surface area contributed by atoms with Crippen LogP contribution in [0.25, 0.3) is 0 Å². The number of allylic oxidation sites excluding steroid dienone is 6. The van der Waals surface area contributed by atoms with E-state index in [1.54, 1.807) is 16.7 Å². The van der Waals surface area contributed by atoms with Crippen LogP contribution in [0.4, 0.5) is 0 Å². The summed E-state index contributed by atoms with van der Waals surface area (Å²) >= 11 is 0. The lowest BCUT2D eigenvalue weighted by atomic mass is 9.55. The lowest BCUT2D eigenvalue weighted by Crippen LogP contribution is -2.37. The first-order chi connectivity index (χ1) is 11.9. The number of carbonyl (C=O) groups excluding carboxylic acids is 2. The molecule has 3 atom stereocenters. The van der Waals surface area contributed by atoms with Gasteiger partial charge in [0.25, 0.3) is 0 Å². The molecule has 0 aromatic carbocycles. The van der Waals surface area contributed by atoms with Gasteiger partial charge in [-0.15, -0.1) is 0 Å². The highest BCUT2D eigenvalue weighted by Gasteiger charge is 2.49. The Hall–Kier alpha value is -1.44. The molecule has 0 amide bonds. The molecule has 2 nitrogen and oxygen atoms in total. The SMILES string of the molecule is CC1CC=C2C3=C(CCC21C)C1(C)CCC(=O)C=C1CC3.CCC=O. The Labute approximate surface area is 152 Å². The Bertz CT molecular complexity index is 678. The van der Waals surface area contributed by atoms with Gasteiger partial charge in [0.1, 0.15) is 6.29 Å². The molecule has 2 heteroatoms. The summed E-state index contributed by atoms with van der Waals surface area (Å²) in [6, 6.07) is 0. The van der Waals surface area contributed by atoms with Gasteiger partial charge in [-0.1, -0.05) is 44.9 Å². The fourth-order valence-electron chi connectivity index (χ4n) is 5.41. The van der Waals surface area contributed by atoms with Gasteiger partial charge in [0, 0.05) is 18.3 Å². The summed E-state index contributed by atoms with van der Waals surface area (Å²) in [6.45, 7) is 9.12. The van der Waals surface area contributed by atoms with Crippen molar-refractivity contribution in [2.45, 2.75) is 79.1 Å². The Balaban J connectivity index is 0.000000415. The zero-order valence-electron chi connectivity index (χ0n) is 16.3. The quantitative estimate of drug-likeness (QED) is 0.571. The molecular formula is C23H32O2. The highest BCUT2D eigenvalue weighted by Crippen LogP contribution is 2.61. The van der Waals surface area contributed by atoms with E-state index < -0.39 is 0 Å². The average molecular weight is 341 g/mol. The van der Waals surface area contributed by atoms with E-state index in [-0.39, 0.29) is 5.41 Å². The molecule has 4 rings (SSSR count). The molecule has 0 radical (unpaired) electrons. The molecule has 0 aliphatic heterocycles. The fourth-order valence-corrected chi connectivity index (χ4v) is 5.41. The first-order valence-electron chi connectivity index (χ1n) is 9.98. The molecule has 0 fully saturated rings. The number of hydrogen-bond donors (Lipinski definition) is 0. The summed E-state index contributed by atoms with van der Waals surface area (Å²) in [4.78, 5) is 21.0. The van der Waals surface area contributed by atoms with Gasteiger partial charge in [-0.05, 0) is 67.1 Å². The van der Waals surface area contributed by atoms with E-state index in [9.17, 15) is 9.59 Å². The smallest absolute Gasteiger partial charge is 0.155 e. The molecular weight excluding hydrogens is 308 g/mol. The molecule has 4 aliphatic rings. The van der Waals surface area contributed by atoms with Crippen molar-refractivity contribution in [2.24, 2.45) is 16.7 Å². The largest absolute Gasteiger partial charge is 0.303 e. The average Bonchev–Trinajstić information content (AvgIpc) is 2.91. The summed E-state index contributed by atoms with van der Waals surface area (Å²) in [6.07, 6.45) is 13.9. The zero-order valence-corrected chi connectivity index (χ0v) is 16.3. The maximum Gasteiger partial charge on any atom is 0.155 e. The van der Waals surface area contributed by atoms with E-state index in [1.807, 2.05) is 13.0 Å². The highest BCUT2D eigenvalue weighted by molar-refractivity contribution is 5.92. The molecule has 0 saturated carbocycles. The molecule has 136 valence electrons. The number of carbonyl (C=O) groups is 2. The van der Waals surface area contributed by atoms with Crippen LogP contribution in [0.5, 0.6) is 0 Å². The van der Waals surface area contributed by atoms with Gasteiger partial charge in [-0.3, -0.25) is 4.79 Å². The number of ketones is 1. The van der Waals surface area contributed by atoms with Crippen molar-refractivity contribution in [1.82, 2.24) is 0 Å². The second kappa shape index (κ2) is 6.70. The van der Waals surface area contributed by atoms with Crippen molar-refractivity contribution in [1.29, 1.82) is 0 Å². The fraction of sp³-hybridized carbons (Fsp3) is 0.652. The molecule has 25 heavy (non-hydrogen) atoms. The van der Waals surface area contributed by atoms with Crippen molar-refractivity contribution >= 4 is 12.1 Å². The molecule has 0 N–H and O–H groups in total.